The Hall–Kier alpha value is -3.58. The summed E-state index contributed by atoms with van der Waals surface area (Å²) in [5.74, 6) is -0.685. The van der Waals surface area contributed by atoms with Crippen molar-refractivity contribution in [3.8, 4) is 27.6 Å². The Morgan fingerprint density at radius 2 is 2.05 bits per heavy atom. The highest BCUT2D eigenvalue weighted by Gasteiger charge is 2.26. The lowest BCUT2D eigenvalue weighted by atomic mass is 10.00. The highest BCUT2D eigenvalue weighted by atomic mass is 32.1. The number of rotatable bonds is 5. The average Bonchev–Trinajstić information content (AvgIpc) is 3.53. The zero-order valence-corrected chi connectivity index (χ0v) is 21.6. The lowest BCUT2D eigenvalue weighted by Crippen LogP contribution is -2.45. The van der Waals surface area contributed by atoms with Gasteiger partial charge in [0.05, 0.1) is 28.1 Å². The van der Waals surface area contributed by atoms with Crippen LogP contribution in [0.25, 0.3) is 32.5 Å². The van der Waals surface area contributed by atoms with Gasteiger partial charge < -0.3 is 15.7 Å². The molecular formula is C28H28FN5O2S. The number of hydrogen-bond acceptors (Lipinski definition) is 6. The molecule has 0 spiro atoms. The molecule has 0 unspecified atom stereocenters. The molecule has 3 heterocycles. The highest BCUT2D eigenvalue weighted by Crippen LogP contribution is 2.41. The van der Waals surface area contributed by atoms with Gasteiger partial charge in [-0.2, -0.15) is 10.4 Å². The monoisotopic (exact) mass is 517 g/mol. The number of likely N-dealkylation sites (tertiary alicyclic amines) is 1. The average molecular weight is 518 g/mol. The minimum atomic E-state index is -0.602. The Bertz CT molecular complexity index is 1530. The maximum atomic E-state index is 14.6. The van der Waals surface area contributed by atoms with Crippen molar-refractivity contribution in [2.45, 2.75) is 38.3 Å². The van der Waals surface area contributed by atoms with E-state index in [-0.39, 0.29) is 24.1 Å². The molecule has 1 fully saturated rings. The SMILES string of the molecule is CC(C)(CO)n1cc2cc(-c3sc(C(=O)N4CCC[C@@H](N)C4)cc3-c3ccc(C#N)c(F)c3)ccc2n1. The summed E-state index contributed by atoms with van der Waals surface area (Å²) in [6.45, 7) is 4.92. The van der Waals surface area contributed by atoms with Crippen LogP contribution in [-0.4, -0.2) is 51.4 Å². The number of halogens is 1. The molecule has 0 saturated carbocycles. The lowest BCUT2D eigenvalue weighted by Gasteiger charge is -2.30. The van der Waals surface area contributed by atoms with Gasteiger partial charge in [0.1, 0.15) is 11.9 Å². The van der Waals surface area contributed by atoms with Crippen LogP contribution >= 0.6 is 11.3 Å². The third kappa shape index (κ3) is 4.76. The summed E-state index contributed by atoms with van der Waals surface area (Å²) in [5, 5.41) is 24.4. The van der Waals surface area contributed by atoms with E-state index in [1.807, 2.05) is 50.4 Å². The standard InChI is InChI=1S/C28H28FN5O2S/c1-28(2,16-35)34-14-20-10-18(7-8-24(20)32-34)26-22(17-5-6-19(13-30)23(29)11-17)12-25(37-26)27(36)33-9-3-4-21(31)15-33/h5-8,10-12,14,21,35H,3-4,9,15-16,31H2,1-2H3/t21-/m1/s1. The molecule has 37 heavy (non-hydrogen) atoms. The number of fused-ring (bicyclic) bond motifs is 1. The molecule has 3 N–H and O–H groups in total. The summed E-state index contributed by atoms with van der Waals surface area (Å²) in [5.41, 5.74) is 8.50. The van der Waals surface area contributed by atoms with Crippen LogP contribution in [0.15, 0.2) is 48.7 Å². The minimum absolute atomic E-state index is 0.0283. The van der Waals surface area contributed by atoms with Gasteiger partial charge in [-0.1, -0.05) is 12.1 Å². The van der Waals surface area contributed by atoms with Crippen molar-refractivity contribution in [3.05, 3.63) is 64.9 Å². The predicted molar refractivity (Wildman–Crippen MR) is 143 cm³/mol. The summed E-state index contributed by atoms with van der Waals surface area (Å²) >= 11 is 1.36. The summed E-state index contributed by atoms with van der Waals surface area (Å²) in [4.78, 5) is 16.6. The van der Waals surface area contributed by atoms with Crippen LogP contribution in [0.3, 0.4) is 0 Å². The molecule has 1 aliphatic heterocycles. The number of nitriles is 1. The first kappa shape index (κ1) is 25.1. The van der Waals surface area contributed by atoms with Crippen molar-refractivity contribution in [2.24, 2.45) is 5.73 Å². The molecule has 7 nitrogen and oxygen atoms in total. The second-order valence-electron chi connectivity index (χ2n) is 10.1. The molecule has 9 heteroatoms. The lowest BCUT2D eigenvalue weighted by molar-refractivity contribution is 0.0714. The normalized spacial score (nSPS) is 16.2. The van der Waals surface area contributed by atoms with Crippen LogP contribution in [0.2, 0.25) is 0 Å². The van der Waals surface area contributed by atoms with Crippen molar-refractivity contribution >= 4 is 28.1 Å². The van der Waals surface area contributed by atoms with Crippen LogP contribution < -0.4 is 5.73 Å². The van der Waals surface area contributed by atoms with Crippen molar-refractivity contribution in [1.82, 2.24) is 14.7 Å². The quantitative estimate of drug-likeness (QED) is 0.398. The van der Waals surface area contributed by atoms with Gasteiger partial charge in [-0.3, -0.25) is 9.48 Å². The predicted octanol–water partition coefficient (Wildman–Crippen LogP) is 4.73. The van der Waals surface area contributed by atoms with E-state index < -0.39 is 11.4 Å². The number of amides is 1. The molecule has 0 aliphatic carbocycles. The molecule has 0 bridgehead atoms. The summed E-state index contributed by atoms with van der Waals surface area (Å²) in [6, 6.07) is 14.0. The number of piperidine rings is 1. The fourth-order valence-electron chi connectivity index (χ4n) is 4.60. The number of aliphatic hydroxyl groups excluding tert-OH is 1. The molecule has 190 valence electrons. The number of nitrogens with zero attached hydrogens (tertiary/aromatic N) is 4. The first-order chi connectivity index (χ1) is 17.7. The smallest absolute Gasteiger partial charge is 0.264 e. The number of nitrogens with two attached hydrogens (primary N) is 1. The maximum absolute atomic E-state index is 14.6. The van der Waals surface area contributed by atoms with Crippen LogP contribution in [-0.2, 0) is 5.54 Å². The number of carbonyl (C=O) groups is 1. The van der Waals surface area contributed by atoms with Gasteiger partial charge in [-0.05, 0) is 68.1 Å². The van der Waals surface area contributed by atoms with Crippen molar-refractivity contribution in [3.63, 3.8) is 0 Å². The van der Waals surface area contributed by atoms with E-state index in [4.69, 9.17) is 11.0 Å². The van der Waals surface area contributed by atoms with E-state index in [0.29, 0.717) is 23.5 Å². The number of hydrogen-bond donors (Lipinski definition) is 2. The van der Waals surface area contributed by atoms with E-state index in [0.717, 1.165) is 39.7 Å². The summed E-state index contributed by atoms with van der Waals surface area (Å²) < 4.78 is 16.3. The van der Waals surface area contributed by atoms with Gasteiger partial charge in [-0.25, -0.2) is 4.39 Å². The second-order valence-corrected chi connectivity index (χ2v) is 11.2. The van der Waals surface area contributed by atoms with E-state index >= 15 is 0 Å². The third-order valence-electron chi connectivity index (χ3n) is 6.86. The van der Waals surface area contributed by atoms with Crippen LogP contribution in [0.4, 0.5) is 4.39 Å². The number of thiophene rings is 1. The molecular weight excluding hydrogens is 489 g/mol. The molecule has 4 aromatic rings. The fraction of sp³-hybridized carbons (Fsp3) is 0.321. The van der Waals surface area contributed by atoms with Crippen molar-refractivity contribution < 1.29 is 14.3 Å². The molecule has 1 saturated heterocycles. The Morgan fingerprint density at radius 3 is 2.76 bits per heavy atom. The van der Waals surface area contributed by atoms with E-state index in [1.54, 1.807) is 15.6 Å². The number of carbonyl (C=O) groups excluding carboxylic acids is 1. The van der Waals surface area contributed by atoms with Crippen LogP contribution in [0, 0.1) is 17.1 Å². The van der Waals surface area contributed by atoms with Gasteiger partial charge in [-0.15, -0.1) is 11.3 Å². The molecule has 5 rings (SSSR count). The van der Waals surface area contributed by atoms with Gasteiger partial charge in [0.15, 0.2) is 0 Å². The van der Waals surface area contributed by atoms with E-state index in [1.165, 1.54) is 23.5 Å². The minimum Gasteiger partial charge on any atom is -0.394 e. The topological polar surface area (TPSA) is 108 Å². The highest BCUT2D eigenvalue weighted by molar-refractivity contribution is 7.18. The van der Waals surface area contributed by atoms with Gasteiger partial charge in [0.2, 0.25) is 0 Å². The zero-order chi connectivity index (χ0) is 26.3. The number of benzene rings is 2. The molecule has 1 aliphatic rings. The second kappa shape index (κ2) is 9.71. The maximum Gasteiger partial charge on any atom is 0.264 e. The summed E-state index contributed by atoms with van der Waals surface area (Å²) in [6.07, 6.45) is 3.66. The van der Waals surface area contributed by atoms with E-state index in [2.05, 4.69) is 5.10 Å². The Balaban J connectivity index is 1.62. The van der Waals surface area contributed by atoms with Crippen LogP contribution in [0.5, 0.6) is 0 Å². The number of aliphatic hydroxyl groups is 1. The first-order valence-corrected chi connectivity index (χ1v) is 13.0. The Kier molecular flexibility index (Phi) is 6.58. The van der Waals surface area contributed by atoms with E-state index in [9.17, 15) is 14.3 Å². The van der Waals surface area contributed by atoms with Crippen LogP contribution in [0.1, 0.15) is 41.9 Å². The zero-order valence-electron chi connectivity index (χ0n) is 20.7. The molecule has 1 atom stereocenters. The Labute approximate surface area is 218 Å². The van der Waals surface area contributed by atoms with Gasteiger partial charge >= 0.3 is 0 Å². The van der Waals surface area contributed by atoms with Gasteiger partial charge in [0, 0.05) is 41.2 Å². The van der Waals surface area contributed by atoms with Gasteiger partial charge in [0.25, 0.3) is 5.91 Å². The molecule has 2 aromatic heterocycles. The summed E-state index contributed by atoms with van der Waals surface area (Å²) in [7, 11) is 0. The first-order valence-electron chi connectivity index (χ1n) is 12.2. The number of aromatic nitrogens is 2. The molecule has 0 radical (unpaired) electrons. The largest absolute Gasteiger partial charge is 0.394 e. The molecule has 1 amide bonds. The molecule has 2 aromatic carbocycles. The fourth-order valence-corrected chi connectivity index (χ4v) is 5.74. The third-order valence-corrected chi connectivity index (χ3v) is 8.03. The van der Waals surface area contributed by atoms with Crippen molar-refractivity contribution in [2.75, 3.05) is 19.7 Å². The Morgan fingerprint density at radius 1 is 1.27 bits per heavy atom. The van der Waals surface area contributed by atoms with Crippen molar-refractivity contribution in [1.29, 1.82) is 5.26 Å².